The van der Waals surface area contributed by atoms with Crippen LogP contribution in [0.3, 0.4) is 0 Å². The van der Waals surface area contributed by atoms with Gasteiger partial charge in [-0.05, 0) is 54.9 Å². The molecular weight excluding hydrogens is 364 g/mol. The molecule has 2 atom stereocenters. The standard InChI is InChI=1S/C24H34N2OS/c1-25(21-9-4-3-5-10-21)15-20-16-26(17-23-12-7-13-28-23)18-24(20)19-8-6-11-22(14-19)27-2/h6-8,11-14,20-21,24H,3-5,9-10,15-18H2,1-2H3. The highest BCUT2D eigenvalue weighted by atomic mass is 32.1. The first-order chi connectivity index (χ1) is 13.7. The van der Waals surface area contributed by atoms with E-state index in [-0.39, 0.29) is 0 Å². The minimum atomic E-state index is 0.584. The molecule has 2 aromatic rings. The zero-order valence-electron chi connectivity index (χ0n) is 17.3. The van der Waals surface area contributed by atoms with Gasteiger partial charge in [0.1, 0.15) is 5.75 Å². The maximum atomic E-state index is 5.52. The number of nitrogens with zero attached hydrogens (tertiary/aromatic N) is 2. The summed E-state index contributed by atoms with van der Waals surface area (Å²) in [5.74, 6) is 2.24. The number of ether oxygens (including phenoxy) is 1. The Kier molecular flexibility index (Phi) is 6.71. The molecule has 0 radical (unpaired) electrons. The summed E-state index contributed by atoms with van der Waals surface area (Å²) in [5.41, 5.74) is 1.44. The van der Waals surface area contributed by atoms with Gasteiger partial charge in [-0.15, -0.1) is 11.3 Å². The van der Waals surface area contributed by atoms with Crippen LogP contribution in [0.15, 0.2) is 41.8 Å². The van der Waals surface area contributed by atoms with E-state index in [2.05, 4.69) is 58.6 Å². The number of thiophene rings is 1. The molecule has 2 fully saturated rings. The van der Waals surface area contributed by atoms with E-state index in [0.717, 1.165) is 24.9 Å². The van der Waals surface area contributed by atoms with Gasteiger partial charge in [0.25, 0.3) is 0 Å². The minimum absolute atomic E-state index is 0.584. The van der Waals surface area contributed by atoms with E-state index in [1.807, 2.05) is 11.3 Å². The molecule has 1 aliphatic heterocycles. The van der Waals surface area contributed by atoms with E-state index >= 15 is 0 Å². The molecule has 2 aliphatic rings. The fraction of sp³-hybridized carbons (Fsp3) is 0.583. The van der Waals surface area contributed by atoms with Crippen molar-refractivity contribution in [2.75, 3.05) is 33.8 Å². The van der Waals surface area contributed by atoms with E-state index in [4.69, 9.17) is 4.74 Å². The van der Waals surface area contributed by atoms with Crippen molar-refractivity contribution in [3.8, 4) is 5.75 Å². The molecule has 4 rings (SSSR count). The molecule has 1 aromatic heterocycles. The van der Waals surface area contributed by atoms with Crippen LogP contribution in [0.25, 0.3) is 0 Å². The van der Waals surface area contributed by atoms with Gasteiger partial charge < -0.3 is 9.64 Å². The third-order valence-corrected chi connectivity index (χ3v) is 7.58. The topological polar surface area (TPSA) is 15.7 Å². The number of rotatable bonds is 7. The van der Waals surface area contributed by atoms with Crippen molar-refractivity contribution in [3.05, 3.63) is 52.2 Å². The SMILES string of the molecule is COc1cccc(C2CN(Cc3cccs3)CC2CN(C)C2CCCCC2)c1. The first-order valence-corrected chi connectivity index (χ1v) is 11.7. The molecule has 4 heteroatoms. The Labute approximate surface area is 174 Å². The van der Waals surface area contributed by atoms with Gasteiger partial charge in [0.2, 0.25) is 0 Å². The van der Waals surface area contributed by atoms with Crippen LogP contribution < -0.4 is 4.74 Å². The summed E-state index contributed by atoms with van der Waals surface area (Å²) in [5, 5.41) is 2.19. The Hall–Kier alpha value is -1.36. The zero-order valence-corrected chi connectivity index (χ0v) is 18.2. The fourth-order valence-electron chi connectivity index (χ4n) is 5.19. The molecule has 1 saturated carbocycles. The lowest BCUT2D eigenvalue weighted by Crippen LogP contribution is -2.38. The maximum absolute atomic E-state index is 5.52. The van der Waals surface area contributed by atoms with E-state index in [9.17, 15) is 0 Å². The van der Waals surface area contributed by atoms with E-state index in [0.29, 0.717) is 11.8 Å². The summed E-state index contributed by atoms with van der Waals surface area (Å²) < 4.78 is 5.52. The highest BCUT2D eigenvalue weighted by molar-refractivity contribution is 7.09. The Morgan fingerprint density at radius 2 is 1.96 bits per heavy atom. The van der Waals surface area contributed by atoms with Gasteiger partial charge in [0.05, 0.1) is 7.11 Å². The molecule has 1 saturated heterocycles. The quantitative estimate of drug-likeness (QED) is 0.634. The highest BCUT2D eigenvalue weighted by Crippen LogP contribution is 2.36. The monoisotopic (exact) mass is 398 g/mol. The van der Waals surface area contributed by atoms with Gasteiger partial charge in [-0.25, -0.2) is 0 Å². The third-order valence-electron chi connectivity index (χ3n) is 6.72. The van der Waals surface area contributed by atoms with Crippen LogP contribution >= 0.6 is 11.3 Å². The van der Waals surface area contributed by atoms with Gasteiger partial charge in [-0.1, -0.05) is 37.5 Å². The fourth-order valence-corrected chi connectivity index (χ4v) is 5.93. The second-order valence-corrected chi connectivity index (χ2v) is 9.68. The number of methoxy groups -OCH3 is 1. The summed E-state index contributed by atoms with van der Waals surface area (Å²) in [7, 11) is 4.13. The van der Waals surface area contributed by atoms with Crippen LogP contribution in [0.2, 0.25) is 0 Å². The highest BCUT2D eigenvalue weighted by Gasteiger charge is 2.35. The first kappa shape index (κ1) is 19.9. The lowest BCUT2D eigenvalue weighted by molar-refractivity contribution is 0.162. The van der Waals surface area contributed by atoms with Crippen LogP contribution in [-0.4, -0.2) is 49.6 Å². The third kappa shape index (κ3) is 4.79. The smallest absolute Gasteiger partial charge is 0.119 e. The minimum Gasteiger partial charge on any atom is -0.497 e. The molecule has 152 valence electrons. The van der Waals surface area contributed by atoms with Gasteiger partial charge >= 0.3 is 0 Å². The average molecular weight is 399 g/mol. The van der Waals surface area contributed by atoms with Crippen molar-refractivity contribution in [1.82, 2.24) is 9.80 Å². The van der Waals surface area contributed by atoms with Crippen LogP contribution in [0.1, 0.15) is 48.5 Å². The average Bonchev–Trinajstić information content (AvgIpc) is 3.39. The lowest BCUT2D eigenvalue weighted by Gasteiger charge is -2.34. The Bertz CT molecular complexity index is 726. The van der Waals surface area contributed by atoms with Gasteiger partial charge in [0.15, 0.2) is 0 Å². The van der Waals surface area contributed by atoms with Crippen molar-refractivity contribution in [1.29, 1.82) is 0 Å². The predicted molar refractivity (Wildman–Crippen MR) is 118 cm³/mol. The Morgan fingerprint density at radius 1 is 1.11 bits per heavy atom. The van der Waals surface area contributed by atoms with Crippen LogP contribution in [0, 0.1) is 5.92 Å². The second-order valence-electron chi connectivity index (χ2n) is 8.65. The lowest BCUT2D eigenvalue weighted by atomic mass is 9.87. The van der Waals surface area contributed by atoms with Crippen molar-refractivity contribution in [2.45, 2.75) is 50.6 Å². The van der Waals surface area contributed by atoms with Gasteiger partial charge in [-0.3, -0.25) is 4.90 Å². The van der Waals surface area contributed by atoms with Gasteiger partial charge in [-0.2, -0.15) is 0 Å². The molecule has 0 N–H and O–H groups in total. The van der Waals surface area contributed by atoms with E-state index in [1.165, 1.54) is 55.6 Å². The molecule has 0 amide bonds. The molecule has 3 nitrogen and oxygen atoms in total. The van der Waals surface area contributed by atoms with Crippen molar-refractivity contribution in [2.24, 2.45) is 5.92 Å². The zero-order chi connectivity index (χ0) is 19.3. The molecule has 0 bridgehead atoms. The largest absolute Gasteiger partial charge is 0.497 e. The summed E-state index contributed by atoms with van der Waals surface area (Å²) >= 11 is 1.88. The molecule has 1 aromatic carbocycles. The van der Waals surface area contributed by atoms with Crippen molar-refractivity contribution in [3.63, 3.8) is 0 Å². The van der Waals surface area contributed by atoms with Crippen LogP contribution in [0.4, 0.5) is 0 Å². The molecule has 2 unspecified atom stereocenters. The summed E-state index contributed by atoms with van der Waals surface area (Å²) in [6, 6.07) is 14.0. The molecule has 0 spiro atoms. The summed E-state index contributed by atoms with van der Waals surface area (Å²) in [6.07, 6.45) is 7.00. The number of benzene rings is 1. The molecular formula is C24H34N2OS. The van der Waals surface area contributed by atoms with Crippen molar-refractivity contribution >= 4 is 11.3 Å². The maximum Gasteiger partial charge on any atom is 0.119 e. The normalized spacial score (nSPS) is 24.1. The molecule has 28 heavy (non-hydrogen) atoms. The number of hydrogen-bond acceptors (Lipinski definition) is 4. The summed E-state index contributed by atoms with van der Waals surface area (Å²) in [6.45, 7) is 4.63. The van der Waals surface area contributed by atoms with Gasteiger partial charge in [0, 0.05) is 43.0 Å². The van der Waals surface area contributed by atoms with Crippen LogP contribution in [-0.2, 0) is 6.54 Å². The number of likely N-dealkylation sites (tertiary alicyclic amines) is 1. The first-order valence-electron chi connectivity index (χ1n) is 10.8. The Morgan fingerprint density at radius 3 is 2.71 bits per heavy atom. The molecule has 2 heterocycles. The van der Waals surface area contributed by atoms with E-state index in [1.54, 1.807) is 7.11 Å². The Balaban J connectivity index is 1.49. The second kappa shape index (κ2) is 9.43. The van der Waals surface area contributed by atoms with E-state index < -0.39 is 0 Å². The summed E-state index contributed by atoms with van der Waals surface area (Å²) in [4.78, 5) is 6.81. The number of hydrogen-bond donors (Lipinski definition) is 0. The van der Waals surface area contributed by atoms with Crippen LogP contribution in [0.5, 0.6) is 5.75 Å². The molecule has 1 aliphatic carbocycles. The predicted octanol–water partition coefficient (Wildman–Crippen LogP) is 5.24. The van der Waals surface area contributed by atoms with Crippen molar-refractivity contribution < 1.29 is 4.74 Å².